The van der Waals surface area contributed by atoms with Crippen molar-refractivity contribution in [3.8, 4) is 0 Å². The molecule has 0 aliphatic carbocycles. The third kappa shape index (κ3) is 3.92. The van der Waals surface area contributed by atoms with E-state index in [1.165, 1.54) is 11.1 Å². The van der Waals surface area contributed by atoms with E-state index >= 15 is 0 Å². The first-order valence-electron chi connectivity index (χ1n) is 6.80. The van der Waals surface area contributed by atoms with E-state index in [0.717, 1.165) is 16.8 Å². The minimum absolute atomic E-state index is 0.284. The molecule has 0 radical (unpaired) electrons. The average Bonchev–Trinajstić information content (AvgIpc) is 2.50. The third-order valence-electron chi connectivity index (χ3n) is 3.17. The number of guanidine groups is 1. The van der Waals surface area contributed by atoms with Crippen molar-refractivity contribution < 1.29 is 0 Å². The summed E-state index contributed by atoms with van der Waals surface area (Å²) in [6.45, 7) is 4.12. The second-order valence-electron chi connectivity index (χ2n) is 4.91. The SMILES string of the molecule is CN=C(N)NN=C(c1ccc(C)cc1)c1ccc(C)cc1. The first kappa shape index (κ1) is 14.8. The van der Waals surface area contributed by atoms with Crippen LogP contribution in [0.15, 0.2) is 58.6 Å². The van der Waals surface area contributed by atoms with Crippen molar-refractivity contribution in [1.29, 1.82) is 0 Å². The first-order chi connectivity index (χ1) is 10.1. The van der Waals surface area contributed by atoms with E-state index in [4.69, 9.17) is 5.73 Å². The van der Waals surface area contributed by atoms with Crippen LogP contribution in [0.4, 0.5) is 0 Å². The fraction of sp³-hybridized carbons (Fsp3) is 0.176. The van der Waals surface area contributed by atoms with Gasteiger partial charge < -0.3 is 5.73 Å². The number of benzene rings is 2. The second-order valence-corrected chi connectivity index (χ2v) is 4.91. The summed E-state index contributed by atoms with van der Waals surface area (Å²) >= 11 is 0. The van der Waals surface area contributed by atoms with Gasteiger partial charge in [0.15, 0.2) is 0 Å². The lowest BCUT2D eigenvalue weighted by molar-refractivity contribution is 0.999. The van der Waals surface area contributed by atoms with E-state index in [9.17, 15) is 0 Å². The molecule has 0 amide bonds. The molecule has 0 aliphatic rings. The monoisotopic (exact) mass is 280 g/mol. The largest absolute Gasteiger partial charge is 0.369 e. The van der Waals surface area contributed by atoms with Crippen LogP contribution in [0.3, 0.4) is 0 Å². The van der Waals surface area contributed by atoms with Crippen LogP contribution in [-0.4, -0.2) is 18.7 Å². The Balaban J connectivity index is 2.43. The van der Waals surface area contributed by atoms with Gasteiger partial charge in [0.05, 0.1) is 5.71 Å². The number of nitrogens with zero attached hydrogens (tertiary/aromatic N) is 2. The molecule has 4 heteroatoms. The Morgan fingerprint density at radius 3 is 1.67 bits per heavy atom. The summed E-state index contributed by atoms with van der Waals surface area (Å²) < 4.78 is 0. The van der Waals surface area contributed by atoms with Crippen LogP contribution in [0, 0.1) is 13.8 Å². The number of rotatable bonds is 3. The highest BCUT2D eigenvalue weighted by Gasteiger charge is 2.07. The topological polar surface area (TPSA) is 62.8 Å². The molecule has 2 aromatic carbocycles. The van der Waals surface area contributed by atoms with Gasteiger partial charge in [-0.15, -0.1) is 0 Å². The highest BCUT2D eigenvalue weighted by Crippen LogP contribution is 2.13. The van der Waals surface area contributed by atoms with E-state index in [2.05, 4.69) is 77.9 Å². The van der Waals surface area contributed by atoms with Crippen LogP contribution in [0.25, 0.3) is 0 Å². The lowest BCUT2D eigenvalue weighted by Gasteiger charge is -2.09. The van der Waals surface area contributed by atoms with Crippen molar-refractivity contribution in [2.45, 2.75) is 13.8 Å². The Kier molecular flexibility index (Phi) is 4.72. The van der Waals surface area contributed by atoms with Crippen LogP contribution < -0.4 is 11.2 Å². The summed E-state index contributed by atoms with van der Waals surface area (Å²) in [5.74, 6) is 0.284. The van der Waals surface area contributed by atoms with Crippen LogP contribution in [0.5, 0.6) is 0 Å². The zero-order valence-electron chi connectivity index (χ0n) is 12.6. The standard InChI is InChI=1S/C17H20N4/c1-12-4-8-14(9-5-12)16(20-21-17(18)19-3)15-10-6-13(2)7-11-15/h4-11H,1-3H3,(H3,18,19,21). The Hall–Kier alpha value is -2.62. The van der Waals surface area contributed by atoms with Crippen LogP contribution in [0.1, 0.15) is 22.3 Å². The molecule has 3 N–H and O–H groups in total. The predicted octanol–water partition coefficient (Wildman–Crippen LogP) is 2.59. The molecule has 21 heavy (non-hydrogen) atoms. The van der Waals surface area contributed by atoms with Crippen molar-refractivity contribution >= 4 is 11.7 Å². The minimum Gasteiger partial charge on any atom is -0.369 e. The third-order valence-corrected chi connectivity index (χ3v) is 3.17. The van der Waals surface area contributed by atoms with Gasteiger partial charge in [-0.25, -0.2) is 5.43 Å². The van der Waals surface area contributed by atoms with Gasteiger partial charge in [0.2, 0.25) is 5.96 Å². The normalized spacial score (nSPS) is 11.1. The van der Waals surface area contributed by atoms with Gasteiger partial charge in [0.1, 0.15) is 0 Å². The Bertz CT molecular complexity index is 605. The second kappa shape index (κ2) is 6.70. The number of hydrogen-bond donors (Lipinski definition) is 2. The molecule has 0 spiro atoms. The number of aliphatic imine (C=N–C) groups is 1. The van der Waals surface area contributed by atoms with Gasteiger partial charge in [-0.1, -0.05) is 59.7 Å². The zero-order chi connectivity index (χ0) is 15.2. The smallest absolute Gasteiger partial charge is 0.209 e. The molecule has 0 atom stereocenters. The quantitative estimate of drug-likeness (QED) is 0.515. The Morgan fingerprint density at radius 1 is 0.857 bits per heavy atom. The number of nitrogens with two attached hydrogens (primary N) is 1. The molecular weight excluding hydrogens is 260 g/mol. The average molecular weight is 280 g/mol. The number of hydrogen-bond acceptors (Lipinski definition) is 2. The molecule has 0 saturated heterocycles. The molecule has 108 valence electrons. The number of nitrogens with one attached hydrogen (secondary N) is 1. The van der Waals surface area contributed by atoms with Crippen molar-refractivity contribution in [2.24, 2.45) is 15.8 Å². The highest BCUT2D eigenvalue weighted by atomic mass is 15.4. The summed E-state index contributed by atoms with van der Waals surface area (Å²) in [5, 5.41) is 4.41. The fourth-order valence-electron chi connectivity index (χ4n) is 1.88. The summed E-state index contributed by atoms with van der Waals surface area (Å²) in [7, 11) is 1.62. The highest BCUT2D eigenvalue weighted by molar-refractivity contribution is 6.13. The van der Waals surface area contributed by atoms with E-state index in [1.54, 1.807) is 7.05 Å². The van der Waals surface area contributed by atoms with E-state index < -0.39 is 0 Å². The van der Waals surface area contributed by atoms with E-state index in [0.29, 0.717) is 0 Å². The van der Waals surface area contributed by atoms with Gasteiger partial charge in [0, 0.05) is 18.2 Å². The molecule has 0 saturated carbocycles. The first-order valence-corrected chi connectivity index (χ1v) is 6.80. The molecule has 0 unspecified atom stereocenters. The van der Waals surface area contributed by atoms with Crippen molar-refractivity contribution in [1.82, 2.24) is 5.43 Å². The van der Waals surface area contributed by atoms with Gasteiger partial charge in [-0.2, -0.15) is 5.10 Å². The summed E-state index contributed by atoms with van der Waals surface area (Å²) in [4.78, 5) is 3.85. The molecule has 0 heterocycles. The van der Waals surface area contributed by atoms with Crippen molar-refractivity contribution in [3.05, 3.63) is 70.8 Å². The predicted molar refractivity (Wildman–Crippen MR) is 88.7 cm³/mol. The number of hydrazone groups is 1. The maximum atomic E-state index is 5.66. The minimum atomic E-state index is 0.284. The van der Waals surface area contributed by atoms with Crippen molar-refractivity contribution in [2.75, 3.05) is 7.05 Å². The van der Waals surface area contributed by atoms with Crippen LogP contribution in [0.2, 0.25) is 0 Å². The van der Waals surface area contributed by atoms with Gasteiger partial charge in [0.25, 0.3) is 0 Å². The summed E-state index contributed by atoms with van der Waals surface area (Å²) in [6, 6.07) is 16.5. The molecule has 0 bridgehead atoms. The molecule has 0 aliphatic heterocycles. The lowest BCUT2D eigenvalue weighted by Crippen LogP contribution is -2.28. The molecule has 4 nitrogen and oxygen atoms in total. The fourth-order valence-corrected chi connectivity index (χ4v) is 1.88. The Labute approximate surface area is 125 Å². The van der Waals surface area contributed by atoms with Crippen LogP contribution >= 0.6 is 0 Å². The molecule has 0 fully saturated rings. The van der Waals surface area contributed by atoms with Gasteiger partial charge in [-0.3, -0.25) is 4.99 Å². The van der Waals surface area contributed by atoms with E-state index in [-0.39, 0.29) is 5.96 Å². The molecule has 0 aromatic heterocycles. The van der Waals surface area contributed by atoms with Gasteiger partial charge in [-0.05, 0) is 13.8 Å². The summed E-state index contributed by atoms with van der Waals surface area (Å²) in [5.41, 5.74) is 13.7. The lowest BCUT2D eigenvalue weighted by atomic mass is 10.0. The maximum Gasteiger partial charge on any atom is 0.209 e. The summed E-state index contributed by atoms with van der Waals surface area (Å²) in [6.07, 6.45) is 0. The van der Waals surface area contributed by atoms with Crippen LogP contribution in [-0.2, 0) is 0 Å². The Morgan fingerprint density at radius 2 is 1.29 bits per heavy atom. The molecule has 2 rings (SSSR count). The molecule has 2 aromatic rings. The van der Waals surface area contributed by atoms with Gasteiger partial charge >= 0.3 is 0 Å². The number of aryl methyl sites for hydroxylation is 2. The van der Waals surface area contributed by atoms with E-state index in [1.807, 2.05) is 0 Å². The molecular formula is C17H20N4. The van der Waals surface area contributed by atoms with Crippen molar-refractivity contribution in [3.63, 3.8) is 0 Å². The zero-order valence-corrected chi connectivity index (χ0v) is 12.6. The maximum absolute atomic E-state index is 5.66.